The standard InChI is InChI=1S/C21H24ClN3O3S/c1-24-9-6-14-2-3-16(12-15(14)7-10-24)20(26)25-11-8-17(13-25)23-21(27)28-19-5-4-18(22)29-19/h2-5,12,17H,6-11,13H2,1H3,(H,23,27)/t17-/m0/s1. The van der Waals surface area contributed by atoms with Crippen LogP contribution in [-0.4, -0.2) is 61.1 Å². The van der Waals surface area contributed by atoms with Crippen molar-refractivity contribution < 1.29 is 14.3 Å². The molecule has 6 nitrogen and oxygen atoms in total. The Hall–Kier alpha value is -2.09. The number of amides is 2. The first-order chi connectivity index (χ1) is 14.0. The Balaban J connectivity index is 1.34. The minimum atomic E-state index is -0.517. The topological polar surface area (TPSA) is 61.9 Å². The van der Waals surface area contributed by atoms with Crippen LogP contribution in [0.2, 0.25) is 4.34 Å². The third kappa shape index (κ3) is 4.91. The molecule has 1 fully saturated rings. The molecule has 2 aliphatic heterocycles. The number of halogens is 1. The van der Waals surface area contributed by atoms with Crippen molar-refractivity contribution in [2.24, 2.45) is 0 Å². The number of carbonyl (C=O) groups excluding carboxylic acids is 2. The lowest BCUT2D eigenvalue weighted by Crippen LogP contribution is -2.39. The van der Waals surface area contributed by atoms with E-state index in [4.69, 9.17) is 16.3 Å². The van der Waals surface area contributed by atoms with Gasteiger partial charge in [-0.05, 0) is 61.7 Å². The van der Waals surface area contributed by atoms with Gasteiger partial charge in [-0.1, -0.05) is 29.0 Å². The summed E-state index contributed by atoms with van der Waals surface area (Å²) in [4.78, 5) is 29.2. The van der Waals surface area contributed by atoms with Gasteiger partial charge in [-0.15, -0.1) is 0 Å². The highest BCUT2D eigenvalue weighted by atomic mass is 35.5. The van der Waals surface area contributed by atoms with Gasteiger partial charge in [0.25, 0.3) is 5.91 Å². The molecule has 0 saturated carbocycles. The molecule has 2 amide bonds. The number of hydrogen-bond donors (Lipinski definition) is 1. The maximum Gasteiger partial charge on any atom is 0.413 e. The van der Waals surface area contributed by atoms with Crippen LogP contribution in [0.15, 0.2) is 30.3 Å². The summed E-state index contributed by atoms with van der Waals surface area (Å²) in [6, 6.07) is 9.30. The van der Waals surface area contributed by atoms with E-state index in [1.807, 2.05) is 12.1 Å². The molecule has 1 aromatic heterocycles. The quantitative estimate of drug-likeness (QED) is 0.805. The number of benzene rings is 1. The van der Waals surface area contributed by atoms with Gasteiger partial charge in [0.2, 0.25) is 0 Å². The summed E-state index contributed by atoms with van der Waals surface area (Å²) in [5, 5.41) is 3.29. The van der Waals surface area contributed by atoms with E-state index in [1.54, 1.807) is 17.0 Å². The van der Waals surface area contributed by atoms with Crippen molar-refractivity contribution in [3.63, 3.8) is 0 Å². The molecule has 154 valence electrons. The van der Waals surface area contributed by atoms with Gasteiger partial charge in [-0.25, -0.2) is 4.79 Å². The van der Waals surface area contributed by atoms with E-state index >= 15 is 0 Å². The zero-order chi connectivity index (χ0) is 20.4. The summed E-state index contributed by atoms with van der Waals surface area (Å²) in [6.45, 7) is 3.17. The molecule has 0 radical (unpaired) electrons. The van der Waals surface area contributed by atoms with Crippen LogP contribution >= 0.6 is 22.9 Å². The molecule has 4 rings (SSSR count). The van der Waals surface area contributed by atoms with Crippen LogP contribution in [0.4, 0.5) is 4.79 Å². The van der Waals surface area contributed by atoms with Gasteiger partial charge in [0.1, 0.15) is 0 Å². The zero-order valence-electron chi connectivity index (χ0n) is 16.3. The highest BCUT2D eigenvalue weighted by Crippen LogP contribution is 2.28. The third-order valence-corrected chi connectivity index (χ3v) is 6.63. The van der Waals surface area contributed by atoms with Gasteiger partial charge in [-0.3, -0.25) is 4.79 Å². The van der Waals surface area contributed by atoms with Crippen molar-refractivity contribution in [3.8, 4) is 5.06 Å². The number of carbonyl (C=O) groups is 2. The smallest absolute Gasteiger partial charge is 0.399 e. The lowest BCUT2D eigenvalue weighted by Gasteiger charge is -2.18. The summed E-state index contributed by atoms with van der Waals surface area (Å²) >= 11 is 7.05. The second-order valence-electron chi connectivity index (χ2n) is 7.62. The van der Waals surface area contributed by atoms with Gasteiger partial charge in [0.15, 0.2) is 5.06 Å². The van der Waals surface area contributed by atoms with Crippen LogP contribution in [0.3, 0.4) is 0 Å². The van der Waals surface area contributed by atoms with E-state index < -0.39 is 6.09 Å². The summed E-state index contributed by atoms with van der Waals surface area (Å²) in [5.41, 5.74) is 3.33. The first kappa shape index (κ1) is 20.2. The highest BCUT2D eigenvalue weighted by molar-refractivity contribution is 7.17. The van der Waals surface area contributed by atoms with E-state index in [-0.39, 0.29) is 11.9 Å². The predicted octanol–water partition coefficient (Wildman–Crippen LogP) is 3.44. The second kappa shape index (κ2) is 8.73. The fourth-order valence-electron chi connectivity index (χ4n) is 3.86. The van der Waals surface area contributed by atoms with E-state index in [0.717, 1.165) is 31.5 Å². The van der Waals surface area contributed by atoms with Crippen LogP contribution in [0.25, 0.3) is 0 Å². The Labute approximate surface area is 179 Å². The largest absolute Gasteiger partial charge is 0.413 e. The number of thiophene rings is 1. The summed E-state index contributed by atoms with van der Waals surface area (Å²) < 4.78 is 5.80. The molecule has 1 atom stereocenters. The molecule has 29 heavy (non-hydrogen) atoms. The van der Waals surface area contributed by atoms with Crippen LogP contribution in [0, 0.1) is 0 Å². The molecule has 0 bridgehead atoms. The molecule has 0 aliphatic carbocycles. The summed E-state index contributed by atoms with van der Waals surface area (Å²) in [7, 11) is 2.13. The first-order valence-corrected chi connectivity index (χ1v) is 11.0. The normalized spacial score (nSPS) is 19.5. The summed E-state index contributed by atoms with van der Waals surface area (Å²) in [6.07, 6.45) is 2.18. The Bertz CT molecular complexity index is 916. The lowest BCUT2D eigenvalue weighted by atomic mass is 9.99. The maximum atomic E-state index is 13.0. The van der Waals surface area contributed by atoms with Crippen LogP contribution in [-0.2, 0) is 12.8 Å². The number of fused-ring (bicyclic) bond motifs is 1. The van der Waals surface area contributed by atoms with Gasteiger partial charge >= 0.3 is 6.09 Å². The minimum Gasteiger partial charge on any atom is -0.399 e. The van der Waals surface area contributed by atoms with E-state index in [2.05, 4.69) is 23.3 Å². The molecule has 1 N–H and O–H groups in total. The molecule has 2 aliphatic rings. The van der Waals surface area contributed by atoms with Gasteiger partial charge in [0.05, 0.1) is 10.4 Å². The fourth-order valence-corrected chi connectivity index (χ4v) is 4.73. The van der Waals surface area contributed by atoms with Gasteiger partial charge in [0, 0.05) is 31.7 Å². The van der Waals surface area contributed by atoms with Crippen molar-refractivity contribution in [2.75, 3.05) is 33.2 Å². The Kier molecular flexibility index (Phi) is 6.08. The predicted molar refractivity (Wildman–Crippen MR) is 114 cm³/mol. The van der Waals surface area contributed by atoms with E-state index in [1.165, 1.54) is 22.5 Å². The molecule has 1 saturated heterocycles. The van der Waals surface area contributed by atoms with Gasteiger partial charge in [-0.2, -0.15) is 0 Å². The Morgan fingerprint density at radius 2 is 1.93 bits per heavy atom. The first-order valence-electron chi connectivity index (χ1n) is 9.81. The number of hydrogen-bond acceptors (Lipinski definition) is 5. The molecular formula is C21H24ClN3O3S. The maximum absolute atomic E-state index is 13.0. The Morgan fingerprint density at radius 3 is 2.69 bits per heavy atom. The van der Waals surface area contributed by atoms with E-state index in [9.17, 15) is 9.59 Å². The molecule has 8 heteroatoms. The van der Waals surface area contributed by atoms with Crippen molar-refractivity contribution in [1.82, 2.24) is 15.1 Å². The number of nitrogens with zero attached hydrogens (tertiary/aromatic N) is 2. The molecule has 1 aromatic carbocycles. The monoisotopic (exact) mass is 433 g/mol. The fraction of sp³-hybridized carbons (Fsp3) is 0.429. The van der Waals surface area contributed by atoms with Crippen molar-refractivity contribution in [2.45, 2.75) is 25.3 Å². The molecule has 0 spiro atoms. The van der Waals surface area contributed by atoms with Crippen LogP contribution in [0.1, 0.15) is 27.9 Å². The van der Waals surface area contributed by atoms with Gasteiger partial charge < -0.3 is 19.9 Å². The van der Waals surface area contributed by atoms with Crippen LogP contribution < -0.4 is 10.1 Å². The molecule has 3 heterocycles. The van der Waals surface area contributed by atoms with Crippen molar-refractivity contribution in [3.05, 3.63) is 51.4 Å². The minimum absolute atomic E-state index is 0.0214. The number of likely N-dealkylation sites (tertiary alicyclic amines) is 1. The average molecular weight is 434 g/mol. The second-order valence-corrected chi connectivity index (χ2v) is 9.29. The number of nitrogens with one attached hydrogen (secondary N) is 1. The SMILES string of the molecule is CN1CCc2ccc(C(=O)N3CC[C@H](NC(=O)Oc4ccc(Cl)s4)C3)cc2CC1. The number of rotatable bonds is 3. The van der Waals surface area contributed by atoms with E-state index in [0.29, 0.717) is 28.9 Å². The zero-order valence-corrected chi connectivity index (χ0v) is 17.9. The number of likely N-dealkylation sites (N-methyl/N-ethyl adjacent to an activating group) is 1. The lowest BCUT2D eigenvalue weighted by molar-refractivity contribution is 0.0788. The average Bonchev–Trinajstić information content (AvgIpc) is 3.28. The van der Waals surface area contributed by atoms with Crippen molar-refractivity contribution >= 4 is 34.9 Å². The van der Waals surface area contributed by atoms with Crippen molar-refractivity contribution in [1.29, 1.82) is 0 Å². The summed E-state index contributed by atoms with van der Waals surface area (Å²) in [5.74, 6) is 0.0214. The molecule has 2 aromatic rings. The molecule has 0 unspecified atom stereocenters. The molecular weight excluding hydrogens is 410 g/mol. The Morgan fingerprint density at radius 1 is 1.14 bits per heavy atom. The van der Waals surface area contributed by atoms with Crippen LogP contribution in [0.5, 0.6) is 5.06 Å². The highest BCUT2D eigenvalue weighted by Gasteiger charge is 2.29. The third-order valence-electron chi connectivity index (χ3n) is 5.52. The number of ether oxygens (including phenoxy) is 1.